The molecule has 0 aliphatic heterocycles. The van der Waals surface area contributed by atoms with Crippen molar-refractivity contribution in [2.24, 2.45) is 5.41 Å². The second-order valence-electron chi connectivity index (χ2n) is 5.03. The van der Waals surface area contributed by atoms with Crippen LogP contribution in [-0.4, -0.2) is 12.1 Å². The van der Waals surface area contributed by atoms with Gasteiger partial charge in [0.2, 0.25) is 0 Å². The fourth-order valence-electron chi connectivity index (χ4n) is 1.38. The van der Waals surface area contributed by atoms with Crippen LogP contribution in [0.25, 0.3) is 0 Å². The molecular formula is C12H26GeS. The normalized spacial score (nSPS) is 13.9. The zero-order valence-electron chi connectivity index (χ0n) is 10.7. The van der Waals surface area contributed by atoms with Crippen LogP contribution in [0.5, 0.6) is 0 Å². The molecule has 0 aromatic rings. The van der Waals surface area contributed by atoms with Crippen LogP contribution in [0.1, 0.15) is 41.5 Å². The molecule has 2 heteroatoms. The predicted octanol–water partition coefficient (Wildman–Crippen LogP) is 5.28. The van der Waals surface area contributed by atoms with Gasteiger partial charge in [-0.25, -0.2) is 0 Å². The third-order valence-electron chi connectivity index (χ3n) is 2.82. The first-order chi connectivity index (χ1) is 6.39. The van der Waals surface area contributed by atoms with E-state index in [0.29, 0.717) is 5.41 Å². The Labute approximate surface area is 96.3 Å². The van der Waals surface area contributed by atoms with Gasteiger partial charge in [0, 0.05) is 0 Å². The summed E-state index contributed by atoms with van der Waals surface area (Å²) in [4.78, 5) is 0. The summed E-state index contributed by atoms with van der Waals surface area (Å²) in [6, 6.07) is 0. The number of allylic oxidation sites excluding steroid dienone is 1. The van der Waals surface area contributed by atoms with Crippen molar-refractivity contribution in [2.45, 2.75) is 57.3 Å². The van der Waals surface area contributed by atoms with E-state index in [0.717, 1.165) is 0 Å². The molecule has 0 aromatic carbocycles. The van der Waals surface area contributed by atoms with Gasteiger partial charge in [-0.05, 0) is 0 Å². The first-order valence-electron chi connectivity index (χ1n) is 5.74. The molecule has 0 aliphatic carbocycles. The summed E-state index contributed by atoms with van der Waals surface area (Å²) in [5.41, 5.74) is 0.343. The van der Waals surface area contributed by atoms with Gasteiger partial charge < -0.3 is 0 Å². The van der Waals surface area contributed by atoms with Gasteiger partial charge in [0.15, 0.2) is 0 Å². The zero-order chi connectivity index (χ0) is 11.2. The van der Waals surface area contributed by atoms with Gasteiger partial charge in [0.25, 0.3) is 0 Å². The van der Waals surface area contributed by atoms with Crippen LogP contribution in [0, 0.1) is 5.41 Å². The van der Waals surface area contributed by atoms with E-state index in [4.69, 9.17) is 0 Å². The van der Waals surface area contributed by atoms with Crippen LogP contribution in [0.4, 0.5) is 0 Å². The Morgan fingerprint density at radius 2 is 1.43 bits per heavy atom. The first-order valence-corrected chi connectivity index (χ1v) is 13.6. The van der Waals surface area contributed by atoms with Gasteiger partial charge in [-0.15, -0.1) is 0 Å². The summed E-state index contributed by atoms with van der Waals surface area (Å²) in [6.45, 7) is 13.9. The quantitative estimate of drug-likeness (QED) is 0.614. The molecule has 0 radical (unpaired) electrons. The SMILES string of the molecule is C[CH2][Ge]([CH2]C)([CH2]C)[S]/C=C/C(C)(C)C. The van der Waals surface area contributed by atoms with E-state index < -0.39 is 12.1 Å². The van der Waals surface area contributed by atoms with Crippen molar-refractivity contribution in [3.05, 3.63) is 11.5 Å². The van der Waals surface area contributed by atoms with Crippen molar-refractivity contribution < 1.29 is 0 Å². The maximum absolute atomic E-state index is 2.39. The second-order valence-corrected chi connectivity index (χ2v) is 20.9. The van der Waals surface area contributed by atoms with E-state index in [2.05, 4.69) is 63.1 Å². The topological polar surface area (TPSA) is 0 Å². The minimum atomic E-state index is -1.50. The van der Waals surface area contributed by atoms with Gasteiger partial charge in [-0.1, -0.05) is 0 Å². The molecule has 0 saturated carbocycles. The van der Waals surface area contributed by atoms with Crippen molar-refractivity contribution in [3.8, 4) is 0 Å². The molecule has 0 atom stereocenters. The molecule has 84 valence electrons. The van der Waals surface area contributed by atoms with Crippen molar-refractivity contribution in [3.63, 3.8) is 0 Å². The molecule has 0 amide bonds. The summed E-state index contributed by atoms with van der Waals surface area (Å²) in [5.74, 6) is 0. The summed E-state index contributed by atoms with van der Waals surface area (Å²) in [6.07, 6.45) is 2.36. The number of rotatable bonds is 5. The molecule has 0 nitrogen and oxygen atoms in total. The van der Waals surface area contributed by atoms with Crippen molar-refractivity contribution >= 4 is 22.2 Å². The van der Waals surface area contributed by atoms with Gasteiger partial charge in [-0.3, -0.25) is 0 Å². The van der Waals surface area contributed by atoms with Crippen molar-refractivity contribution in [1.82, 2.24) is 0 Å². The first kappa shape index (κ1) is 14.6. The molecule has 0 aliphatic rings. The van der Waals surface area contributed by atoms with Crippen LogP contribution in [0.3, 0.4) is 0 Å². The van der Waals surface area contributed by atoms with Gasteiger partial charge >= 0.3 is 96.4 Å². The molecule has 0 N–H and O–H groups in total. The fraction of sp³-hybridized carbons (Fsp3) is 0.833. The summed E-state index contributed by atoms with van der Waals surface area (Å²) < 4.78 is 0. The molecule has 0 heterocycles. The average molecular weight is 275 g/mol. The van der Waals surface area contributed by atoms with Gasteiger partial charge in [0.1, 0.15) is 0 Å². The summed E-state index contributed by atoms with van der Waals surface area (Å²) >= 11 is -1.50. The Bertz CT molecular complexity index is 167. The van der Waals surface area contributed by atoms with Crippen LogP contribution >= 0.6 is 10.1 Å². The third-order valence-corrected chi connectivity index (χ3v) is 20.2. The molecule has 0 fully saturated rings. The Morgan fingerprint density at radius 3 is 1.71 bits per heavy atom. The van der Waals surface area contributed by atoms with Crippen molar-refractivity contribution in [2.75, 3.05) is 0 Å². The van der Waals surface area contributed by atoms with Crippen LogP contribution in [-0.2, 0) is 0 Å². The average Bonchev–Trinajstić information content (AvgIpc) is 2.11. The molecule has 0 bridgehead atoms. The molecular weight excluding hydrogens is 249 g/mol. The standard InChI is InChI=1S/C12H26GeS/c1-7-13(8-2,9-3)14-11-10-12(4,5)6/h10-11H,7-9H2,1-6H3/b11-10+. The fourth-order valence-corrected chi connectivity index (χ4v) is 11.2. The molecule has 0 saturated heterocycles. The molecule has 0 spiro atoms. The van der Waals surface area contributed by atoms with E-state index in [1.54, 1.807) is 0 Å². The van der Waals surface area contributed by atoms with E-state index in [-0.39, 0.29) is 0 Å². The van der Waals surface area contributed by atoms with Gasteiger partial charge in [-0.2, -0.15) is 0 Å². The molecule has 0 rings (SSSR count). The van der Waals surface area contributed by atoms with Crippen LogP contribution in [0.2, 0.25) is 15.8 Å². The van der Waals surface area contributed by atoms with Crippen LogP contribution < -0.4 is 0 Å². The predicted molar refractivity (Wildman–Crippen MR) is 73.4 cm³/mol. The van der Waals surface area contributed by atoms with E-state index in [9.17, 15) is 0 Å². The van der Waals surface area contributed by atoms with E-state index >= 15 is 0 Å². The second kappa shape index (κ2) is 6.27. The minimum absolute atomic E-state index is 0.343. The zero-order valence-corrected chi connectivity index (χ0v) is 13.6. The Morgan fingerprint density at radius 1 is 1.00 bits per heavy atom. The summed E-state index contributed by atoms with van der Waals surface area (Å²) in [5, 5.41) is 6.74. The maximum atomic E-state index is 2.39. The Balaban J connectivity index is 4.26. The van der Waals surface area contributed by atoms with Gasteiger partial charge in [0.05, 0.1) is 0 Å². The van der Waals surface area contributed by atoms with Crippen molar-refractivity contribution in [1.29, 1.82) is 0 Å². The monoisotopic (exact) mass is 276 g/mol. The third kappa shape index (κ3) is 5.50. The van der Waals surface area contributed by atoms with E-state index in [1.165, 1.54) is 15.8 Å². The number of hydrogen-bond donors (Lipinski definition) is 0. The van der Waals surface area contributed by atoms with Crippen LogP contribution in [0.15, 0.2) is 11.5 Å². The molecule has 14 heavy (non-hydrogen) atoms. The number of hydrogen-bond acceptors (Lipinski definition) is 1. The van der Waals surface area contributed by atoms with E-state index in [1.807, 2.05) is 0 Å². The molecule has 0 aromatic heterocycles. The Kier molecular flexibility index (Phi) is 6.55. The Hall–Kier alpha value is 0.633. The molecule has 0 unspecified atom stereocenters. The summed E-state index contributed by atoms with van der Waals surface area (Å²) in [7, 11) is 2.20.